The molecule has 1 aromatic rings. The highest BCUT2D eigenvalue weighted by molar-refractivity contribution is 7.92. The zero-order valence-electron chi connectivity index (χ0n) is 11.6. The van der Waals surface area contributed by atoms with Gasteiger partial charge in [-0.1, -0.05) is 13.0 Å². The number of amides is 1. The quantitative estimate of drug-likeness (QED) is 0.841. The number of benzene rings is 1. The molecule has 5 nitrogen and oxygen atoms in total. The zero-order chi connectivity index (χ0) is 16.5. The summed E-state index contributed by atoms with van der Waals surface area (Å²) in [6.07, 6.45) is -4.83. The Bertz CT molecular complexity index is 666. The van der Waals surface area contributed by atoms with Gasteiger partial charge in [0.05, 0.1) is 5.25 Å². The van der Waals surface area contributed by atoms with Crippen molar-refractivity contribution in [1.82, 2.24) is 4.90 Å². The molecule has 1 aromatic carbocycles. The number of nitrogens with zero attached hydrogens (tertiary/aromatic N) is 1. The fraction of sp³-hybridized carbons (Fsp3) is 0.462. The second kappa shape index (κ2) is 5.79. The largest absolute Gasteiger partial charge is 0.573 e. The predicted octanol–water partition coefficient (Wildman–Crippen LogP) is 1.84. The van der Waals surface area contributed by atoms with Crippen molar-refractivity contribution < 1.29 is 31.1 Å². The minimum Gasteiger partial charge on any atom is -0.406 e. The number of sulfone groups is 1. The maximum absolute atomic E-state index is 12.1. The Morgan fingerprint density at radius 2 is 2.00 bits per heavy atom. The average molecular weight is 337 g/mol. The zero-order valence-corrected chi connectivity index (χ0v) is 12.4. The third-order valence-corrected chi connectivity index (χ3v) is 5.48. The van der Waals surface area contributed by atoms with Crippen LogP contribution in [0.5, 0.6) is 5.75 Å². The van der Waals surface area contributed by atoms with Crippen molar-refractivity contribution in [3.05, 3.63) is 29.8 Å². The molecule has 0 N–H and O–H groups in total. The topological polar surface area (TPSA) is 63.7 Å². The molecule has 0 radical (unpaired) electrons. The van der Waals surface area contributed by atoms with E-state index in [0.717, 1.165) is 12.1 Å². The number of ether oxygens (including phenoxy) is 1. The lowest BCUT2D eigenvalue weighted by Crippen LogP contribution is -2.57. The molecular weight excluding hydrogens is 323 g/mol. The molecule has 1 amide bonds. The Morgan fingerprint density at radius 1 is 1.36 bits per heavy atom. The molecule has 1 aliphatic heterocycles. The fourth-order valence-corrected chi connectivity index (χ4v) is 3.36. The van der Waals surface area contributed by atoms with Gasteiger partial charge in [-0.15, -0.1) is 13.2 Å². The van der Waals surface area contributed by atoms with Crippen LogP contribution in [-0.2, 0) is 9.84 Å². The van der Waals surface area contributed by atoms with Crippen molar-refractivity contribution in [2.75, 3.05) is 18.8 Å². The number of hydrogen-bond donors (Lipinski definition) is 0. The summed E-state index contributed by atoms with van der Waals surface area (Å²) < 4.78 is 63.4. The van der Waals surface area contributed by atoms with Crippen molar-refractivity contribution in [3.8, 4) is 5.75 Å². The predicted molar refractivity (Wildman–Crippen MR) is 72.3 cm³/mol. The highest BCUT2D eigenvalue weighted by Gasteiger charge is 2.39. The SMILES string of the molecule is CCS(=O)(=O)C1CN(C(=O)c2cccc(OC(F)(F)F)c2)C1. The number of rotatable bonds is 4. The van der Waals surface area contributed by atoms with Crippen LogP contribution in [0.3, 0.4) is 0 Å². The summed E-state index contributed by atoms with van der Waals surface area (Å²) in [6, 6.07) is 4.70. The Labute approximate surface area is 125 Å². The van der Waals surface area contributed by atoms with Crippen LogP contribution in [0.4, 0.5) is 13.2 Å². The maximum atomic E-state index is 12.1. The summed E-state index contributed by atoms with van der Waals surface area (Å²) >= 11 is 0. The molecule has 1 heterocycles. The molecule has 22 heavy (non-hydrogen) atoms. The van der Waals surface area contributed by atoms with Crippen molar-refractivity contribution in [2.24, 2.45) is 0 Å². The lowest BCUT2D eigenvalue weighted by atomic mass is 10.1. The molecule has 0 aliphatic carbocycles. The lowest BCUT2D eigenvalue weighted by Gasteiger charge is -2.38. The smallest absolute Gasteiger partial charge is 0.406 e. The van der Waals surface area contributed by atoms with Crippen molar-refractivity contribution in [3.63, 3.8) is 0 Å². The number of halogens is 3. The minimum absolute atomic E-state index is 0.00535. The van der Waals surface area contributed by atoms with Crippen LogP contribution >= 0.6 is 0 Å². The summed E-state index contributed by atoms with van der Waals surface area (Å²) in [5.41, 5.74) is 0.0223. The summed E-state index contributed by atoms with van der Waals surface area (Å²) in [7, 11) is -3.21. The molecule has 0 saturated carbocycles. The van der Waals surface area contributed by atoms with Gasteiger partial charge >= 0.3 is 6.36 Å². The second-order valence-corrected chi connectivity index (χ2v) is 7.43. The van der Waals surface area contributed by atoms with E-state index in [9.17, 15) is 26.4 Å². The first-order valence-electron chi connectivity index (χ1n) is 6.49. The number of likely N-dealkylation sites (tertiary alicyclic amines) is 1. The normalized spacial score (nSPS) is 16.3. The highest BCUT2D eigenvalue weighted by Crippen LogP contribution is 2.25. The lowest BCUT2D eigenvalue weighted by molar-refractivity contribution is -0.274. The van der Waals surface area contributed by atoms with E-state index in [-0.39, 0.29) is 24.4 Å². The van der Waals surface area contributed by atoms with Gasteiger partial charge in [-0.25, -0.2) is 8.42 Å². The molecule has 122 valence electrons. The Kier molecular flexibility index (Phi) is 4.37. The van der Waals surface area contributed by atoms with Gasteiger partial charge in [-0.3, -0.25) is 4.79 Å². The van der Waals surface area contributed by atoms with Gasteiger partial charge in [0.1, 0.15) is 5.75 Å². The van der Waals surface area contributed by atoms with E-state index in [1.165, 1.54) is 24.0 Å². The van der Waals surface area contributed by atoms with Gasteiger partial charge in [-0.2, -0.15) is 0 Å². The molecule has 0 unspecified atom stereocenters. The second-order valence-electron chi connectivity index (χ2n) is 4.86. The summed E-state index contributed by atoms with van der Waals surface area (Å²) in [5, 5.41) is -0.601. The molecule has 1 fully saturated rings. The number of carbonyl (C=O) groups excluding carboxylic acids is 1. The number of hydrogen-bond acceptors (Lipinski definition) is 4. The van der Waals surface area contributed by atoms with E-state index in [2.05, 4.69) is 4.74 Å². The first-order chi connectivity index (χ1) is 10.1. The van der Waals surface area contributed by atoms with Crippen LogP contribution in [0.2, 0.25) is 0 Å². The molecular formula is C13H14F3NO4S. The summed E-state index contributed by atoms with van der Waals surface area (Å²) in [5.74, 6) is -1.01. The van der Waals surface area contributed by atoms with E-state index >= 15 is 0 Å². The molecule has 0 atom stereocenters. The average Bonchev–Trinajstić information content (AvgIpc) is 2.34. The molecule has 0 bridgehead atoms. The third-order valence-electron chi connectivity index (χ3n) is 3.36. The summed E-state index contributed by atoms with van der Waals surface area (Å²) in [6.45, 7) is 1.64. The van der Waals surface area contributed by atoms with E-state index in [1.54, 1.807) is 0 Å². The first kappa shape index (κ1) is 16.6. The monoisotopic (exact) mass is 337 g/mol. The van der Waals surface area contributed by atoms with E-state index in [4.69, 9.17) is 0 Å². The van der Waals surface area contributed by atoms with Crippen LogP contribution in [0, 0.1) is 0 Å². The van der Waals surface area contributed by atoms with Gasteiger partial charge in [0.2, 0.25) is 0 Å². The minimum atomic E-state index is -4.83. The van der Waals surface area contributed by atoms with Crippen LogP contribution in [0.15, 0.2) is 24.3 Å². The third kappa shape index (κ3) is 3.70. The van der Waals surface area contributed by atoms with Crippen LogP contribution < -0.4 is 4.74 Å². The van der Waals surface area contributed by atoms with Crippen LogP contribution in [0.1, 0.15) is 17.3 Å². The van der Waals surface area contributed by atoms with Crippen molar-refractivity contribution >= 4 is 15.7 Å². The molecule has 1 saturated heterocycles. The van der Waals surface area contributed by atoms with Gasteiger partial charge in [0.15, 0.2) is 9.84 Å². The Morgan fingerprint density at radius 3 is 2.55 bits per heavy atom. The standard InChI is InChI=1S/C13H14F3NO4S/c1-2-22(19,20)11-7-17(8-11)12(18)9-4-3-5-10(6-9)21-13(14,15)16/h3-6,11H,2,7-8H2,1H3. The van der Waals surface area contributed by atoms with E-state index < -0.39 is 33.1 Å². The molecule has 9 heteroatoms. The fourth-order valence-electron chi connectivity index (χ4n) is 2.08. The highest BCUT2D eigenvalue weighted by atomic mass is 32.2. The number of carbonyl (C=O) groups is 1. The Hall–Kier alpha value is -1.77. The van der Waals surface area contributed by atoms with Gasteiger partial charge in [0.25, 0.3) is 5.91 Å². The molecule has 0 spiro atoms. The first-order valence-corrected chi connectivity index (χ1v) is 8.20. The van der Waals surface area contributed by atoms with Gasteiger partial charge < -0.3 is 9.64 Å². The van der Waals surface area contributed by atoms with E-state index in [0.29, 0.717) is 0 Å². The summed E-state index contributed by atoms with van der Waals surface area (Å²) in [4.78, 5) is 13.4. The van der Waals surface area contributed by atoms with Crippen molar-refractivity contribution in [2.45, 2.75) is 18.5 Å². The molecule has 0 aromatic heterocycles. The maximum Gasteiger partial charge on any atom is 0.573 e. The molecule has 2 rings (SSSR count). The van der Waals surface area contributed by atoms with Crippen LogP contribution in [0.25, 0.3) is 0 Å². The van der Waals surface area contributed by atoms with Gasteiger partial charge in [-0.05, 0) is 18.2 Å². The van der Waals surface area contributed by atoms with Crippen LogP contribution in [-0.4, -0.2) is 49.7 Å². The van der Waals surface area contributed by atoms with E-state index in [1.807, 2.05) is 0 Å². The number of alkyl halides is 3. The Balaban J connectivity index is 2.05. The van der Waals surface area contributed by atoms with Crippen molar-refractivity contribution in [1.29, 1.82) is 0 Å². The van der Waals surface area contributed by atoms with Gasteiger partial charge in [0, 0.05) is 24.4 Å². The molecule has 1 aliphatic rings.